The van der Waals surface area contributed by atoms with Crippen LogP contribution in [0.1, 0.15) is 62.8 Å². The molecular formula is C28H36N4O3. The first-order chi connectivity index (χ1) is 17.1. The summed E-state index contributed by atoms with van der Waals surface area (Å²) in [5.41, 5.74) is 1.97. The van der Waals surface area contributed by atoms with Crippen molar-refractivity contribution in [2.24, 2.45) is 5.92 Å². The van der Waals surface area contributed by atoms with Gasteiger partial charge in [-0.3, -0.25) is 4.79 Å². The lowest BCUT2D eigenvalue weighted by molar-refractivity contribution is -0.116. The lowest BCUT2D eigenvalue weighted by Crippen LogP contribution is -2.51. The molecule has 3 fully saturated rings. The van der Waals surface area contributed by atoms with Crippen molar-refractivity contribution in [1.82, 2.24) is 14.8 Å². The molecule has 5 rings (SSSR count). The zero-order valence-electron chi connectivity index (χ0n) is 20.6. The third kappa shape index (κ3) is 5.14. The van der Waals surface area contributed by atoms with Gasteiger partial charge in [-0.25, -0.2) is 9.78 Å². The van der Waals surface area contributed by atoms with Gasteiger partial charge in [0.05, 0.1) is 12.6 Å². The number of aromatic nitrogens is 1. The van der Waals surface area contributed by atoms with Gasteiger partial charge in [0.25, 0.3) is 0 Å². The number of anilines is 1. The van der Waals surface area contributed by atoms with Crippen LogP contribution < -0.4 is 10.1 Å². The number of carbonyl (C=O) groups excluding carboxylic acids is 2. The third-order valence-electron chi connectivity index (χ3n) is 8.25. The van der Waals surface area contributed by atoms with E-state index in [9.17, 15) is 9.59 Å². The fourth-order valence-corrected chi connectivity index (χ4v) is 5.96. The Hall–Kier alpha value is -3.09. The topological polar surface area (TPSA) is 74.8 Å². The highest BCUT2D eigenvalue weighted by Crippen LogP contribution is 2.45. The van der Waals surface area contributed by atoms with Crippen LogP contribution in [0.4, 0.5) is 10.5 Å². The molecule has 1 aromatic carbocycles. The van der Waals surface area contributed by atoms with Crippen molar-refractivity contribution >= 4 is 17.6 Å². The number of rotatable bonds is 8. The molecule has 7 nitrogen and oxygen atoms in total. The lowest BCUT2D eigenvalue weighted by atomic mass is 9.73. The number of pyridine rings is 1. The van der Waals surface area contributed by atoms with Crippen molar-refractivity contribution in [2.75, 3.05) is 32.1 Å². The number of hydrogen-bond donors (Lipinski definition) is 1. The molecule has 0 unspecified atom stereocenters. The molecule has 0 radical (unpaired) electrons. The first-order valence-electron chi connectivity index (χ1n) is 13.0. The summed E-state index contributed by atoms with van der Waals surface area (Å²) in [6.07, 6.45) is 9.89. The van der Waals surface area contributed by atoms with Crippen LogP contribution >= 0.6 is 0 Å². The molecule has 1 aromatic heterocycles. The van der Waals surface area contributed by atoms with E-state index in [-0.39, 0.29) is 23.9 Å². The molecule has 186 valence electrons. The lowest BCUT2D eigenvalue weighted by Gasteiger charge is -2.44. The predicted molar refractivity (Wildman–Crippen MR) is 135 cm³/mol. The number of nitrogens with one attached hydrogen (secondary N) is 1. The second kappa shape index (κ2) is 10.3. The second-order valence-electron chi connectivity index (χ2n) is 10.4. The van der Waals surface area contributed by atoms with Crippen molar-refractivity contribution < 1.29 is 14.3 Å². The summed E-state index contributed by atoms with van der Waals surface area (Å²) in [5.74, 6) is 1.55. The molecule has 7 heteroatoms. The summed E-state index contributed by atoms with van der Waals surface area (Å²) in [7, 11) is 1.55. The van der Waals surface area contributed by atoms with Crippen LogP contribution in [0.3, 0.4) is 0 Å². The number of hydrogen-bond acceptors (Lipinski definition) is 4. The van der Waals surface area contributed by atoms with Gasteiger partial charge in [0.15, 0.2) is 0 Å². The van der Waals surface area contributed by atoms with Crippen molar-refractivity contribution in [2.45, 2.75) is 62.8 Å². The summed E-state index contributed by atoms with van der Waals surface area (Å²) < 4.78 is 5.13. The molecule has 0 bridgehead atoms. The summed E-state index contributed by atoms with van der Waals surface area (Å²) in [4.78, 5) is 34.4. The van der Waals surface area contributed by atoms with Gasteiger partial charge in [-0.05, 0) is 62.0 Å². The normalized spacial score (nSPS) is 24.5. The Kier molecular flexibility index (Phi) is 6.93. The average Bonchev–Trinajstić information content (AvgIpc) is 3.11. The number of urea groups is 1. The minimum atomic E-state index is -0.106. The van der Waals surface area contributed by atoms with Crippen molar-refractivity contribution in [3.63, 3.8) is 0 Å². The average molecular weight is 477 g/mol. The zero-order valence-corrected chi connectivity index (χ0v) is 20.6. The second-order valence-corrected chi connectivity index (χ2v) is 10.4. The predicted octanol–water partition coefficient (Wildman–Crippen LogP) is 5.05. The molecule has 1 N–H and O–H groups in total. The Labute approximate surface area is 207 Å². The first kappa shape index (κ1) is 23.6. The molecule has 1 spiro atoms. The van der Waals surface area contributed by atoms with Gasteiger partial charge in [-0.2, -0.15) is 0 Å². The van der Waals surface area contributed by atoms with Crippen molar-refractivity contribution in [3.05, 3.63) is 54.2 Å². The molecule has 2 saturated carbocycles. The molecule has 1 aliphatic heterocycles. The summed E-state index contributed by atoms with van der Waals surface area (Å²) in [6.45, 7) is 2.04. The molecule has 2 heterocycles. The Morgan fingerprint density at radius 2 is 1.91 bits per heavy atom. The van der Waals surface area contributed by atoms with Gasteiger partial charge >= 0.3 is 6.03 Å². The highest BCUT2D eigenvalue weighted by Gasteiger charge is 2.51. The van der Waals surface area contributed by atoms with Crippen molar-refractivity contribution in [3.8, 4) is 5.88 Å². The van der Waals surface area contributed by atoms with E-state index in [1.807, 2.05) is 4.90 Å². The van der Waals surface area contributed by atoms with E-state index in [0.29, 0.717) is 29.9 Å². The van der Waals surface area contributed by atoms with Gasteiger partial charge in [-0.1, -0.05) is 36.8 Å². The minimum absolute atomic E-state index is 0.0904. The van der Waals surface area contributed by atoms with Crippen LogP contribution in [0.2, 0.25) is 0 Å². The maximum atomic E-state index is 13.6. The fourth-order valence-electron chi connectivity index (χ4n) is 5.96. The van der Waals surface area contributed by atoms with E-state index < -0.39 is 0 Å². The van der Waals surface area contributed by atoms with Crippen LogP contribution in [-0.4, -0.2) is 59.0 Å². The van der Waals surface area contributed by atoms with Gasteiger partial charge in [0, 0.05) is 44.0 Å². The molecule has 2 aromatic rings. The fraction of sp³-hybridized carbons (Fsp3) is 0.536. The summed E-state index contributed by atoms with van der Waals surface area (Å²) in [5, 5.41) is 2.90. The van der Waals surface area contributed by atoms with E-state index in [0.717, 1.165) is 38.8 Å². The highest BCUT2D eigenvalue weighted by molar-refractivity contribution is 5.91. The first-order valence-corrected chi connectivity index (χ1v) is 13.0. The van der Waals surface area contributed by atoms with Gasteiger partial charge < -0.3 is 19.9 Å². The van der Waals surface area contributed by atoms with Crippen LogP contribution in [0.5, 0.6) is 5.88 Å². The largest absolute Gasteiger partial charge is 0.481 e. The van der Waals surface area contributed by atoms with Crippen LogP contribution in [0.15, 0.2) is 48.7 Å². The van der Waals surface area contributed by atoms with Crippen LogP contribution in [0, 0.1) is 5.92 Å². The molecule has 3 amide bonds. The Bertz CT molecular complexity index is 1030. The Balaban J connectivity index is 1.22. The zero-order chi connectivity index (χ0) is 24.3. The SMILES string of the molecule is COc1cc(NC(=O)CCN2CC3(CCC(c4ccccc4)CC3)N(CC3CCC3)C2=O)ccn1. The molecule has 35 heavy (non-hydrogen) atoms. The third-order valence-corrected chi connectivity index (χ3v) is 8.25. The number of carbonyl (C=O) groups is 2. The van der Waals surface area contributed by atoms with E-state index >= 15 is 0 Å². The van der Waals surface area contributed by atoms with Gasteiger partial charge in [0.1, 0.15) is 0 Å². The van der Waals surface area contributed by atoms with Gasteiger partial charge in [0.2, 0.25) is 11.8 Å². The standard InChI is InChI=1S/C28H36N4O3/c1-35-26-18-24(12-16-29-26)30-25(33)13-17-31-20-28(32(27(31)34)19-21-6-5-7-21)14-10-23(11-15-28)22-8-3-2-4-9-22/h2-4,8-9,12,16,18,21,23H,5-7,10-11,13-15,17,19-20H2,1H3,(H,29,30,33). The van der Waals surface area contributed by atoms with Gasteiger partial charge in [-0.15, -0.1) is 0 Å². The van der Waals surface area contributed by atoms with E-state index in [2.05, 4.69) is 45.5 Å². The number of benzene rings is 1. The quantitative estimate of drug-likeness (QED) is 0.578. The molecular weight excluding hydrogens is 440 g/mol. The number of ether oxygens (including phenoxy) is 1. The minimum Gasteiger partial charge on any atom is -0.481 e. The Morgan fingerprint density at radius 1 is 1.14 bits per heavy atom. The highest BCUT2D eigenvalue weighted by atomic mass is 16.5. The smallest absolute Gasteiger partial charge is 0.320 e. The van der Waals surface area contributed by atoms with E-state index in [4.69, 9.17) is 4.74 Å². The maximum Gasteiger partial charge on any atom is 0.320 e. The molecule has 2 aliphatic carbocycles. The Morgan fingerprint density at radius 3 is 2.60 bits per heavy atom. The van der Waals surface area contributed by atoms with Crippen LogP contribution in [0.25, 0.3) is 0 Å². The van der Waals surface area contributed by atoms with E-state index in [1.165, 1.54) is 24.8 Å². The maximum absolute atomic E-state index is 13.6. The molecule has 0 atom stereocenters. The van der Waals surface area contributed by atoms with E-state index in [1.54, 1.807) is 25.4 Å². The number of amides is 3. The monoisotopic (exact) mass is 476 g/mol. The molecule has 1 saturated heterocycles. The number of nitrogens with zero attached hydrogens (tertiary/aromatic N) is 3. The number of methoxy groups -OCH3 is 1. The summed E-state index contributed by atoms with van der Waals surface area (Å²) in [6, 6.07) is 14.3. The summed E-state index contributed by atoms with van der Waals surface area (Å²) >= 11 is 0. The van der Waals surface area contributed by atoms with Crippen molar-refractivity contribution in [1.29, 1.82) is 0 Å². The van der Waals surface area contributed by atoms with Crippen LogP contribution in [-0.2, 0) is 4.79 Å². The molecule has 3 aliphatic rings.